The predicted molar refractivity (Wildman–Crippen MR) is 97.5 cm³/mol. The van der Waals surface area contributed by atoms with Gasteiger partial charge in [-0.3, -0.25) is 0 Å². The Balaban J connectivity index is 1.74. The lowest BCUT2D eigenvalue weighted by Gasteiger charge is -2.36. The molecule has 1 aliphatic rings. The van der Waals surface area contributed by atoms with E-state index >= 15 is 0 Å². The quantitative estimate of drug-likeness (QED) is 0.780. The minimum absolute atomic E-state index is 0.0147. The summed E-state index contributed by atoms with van der Waals surface area (Å²) >= 11 is 5.86. The highest BCUT2D eigenvalue weighted by atomic mass is 35.5. The normalized spacial score (nSPS) is 16.8. The van der Waals surface area contributed by atoms with E-state index in [9.17, 15) is 18.3 Å². The molecule has 0 radical (unpaired) electrons. The summed E-state index contributed by atoms with van der Waals surface area (Å²) in [6, 6.07) is 12.4. The number of rotatable bonds is 3. The number of benzene rings is 2. The first-order valence-electron chi connectivity index (χ1n) is 8.59. The minimum atomic E-state index is -4.53. The number of hydrogen-bond acceptors (Lipinski definition) is 3. The van der Waals surface area contributed by atoms with Gasteiger partial charge in [0.05, 0.1) is 23.3 Å². The molecule has 0 aromatic heterocycles. The van der Waals surface area contributed by atoms with Crippen LogP contribution >= 0.6 is 11.6 Å². The van der Waals surface area contributed by atoms with Crippen molar-refractivity contribution in [2.24, 2.45) is 5.92 Å². The second kappa shape index (κ2) is 7.79. The summed E-state index contributed by atoms with van der Waals surface area (Å²) in [5.41, 5.74) is 0.0329. The molecule has 0 amide bonds. The monoisotopic (exact) mass is 394 g/mol. The Bertz CT molecular complexity index is 838. The van der Waals surface area contributed by atoms with Crippen LogP contribution in [-0.2, 0) is 6.18 Å². The molecule has 0 spiro atoms. The van der Waals surface area contributed by atoms with Crippen LogP contribution in [0, 0.1) is 17.2 Å². The molecule has 2 aromatic rings. The number of alkyl halides is 3. The van der Waals surface area contributed by atoms with E-state index in [-0.39, 0.29) is 17.2 Å². The number of anilines is 1. The van der Waals surface area contributed by atoms with Crippen LogP contribution in [0.1, 0.15) is 35.6 Å². The van der Waals surface area contributed by atoms with Gasteiger partial charge >= 0.3 is 6.18 Å². The molecule has 1 atom stereocenters. The third-order valence-electron chi connectivity index (χ3n) is 4.97. The lowest BCUT2D eigenvalue weighted by atomic mass is 9.87. The van der Waals surface area contributed by atoms with E-state index < -0.39 is 17.8 Å². The van der Waals surface area contributed by atoms with E-state index in [4.69, 9.17) is 16.9 Å². The maximum absolute atomic E-state index is 13.4. The van der Waals surface area contributed by atoms with Gasteiger partial charge in [0.2, 0.25) is 0 Å². The van der Waals surface area contributed by atoms with E-state index in [1.165, 1.54) is 12.1 Å². The van der Waals surface area contributed by atoms with Gasteiger partial charge in [0.1, 0.15) is 0 Å². The Labute approximate surface area is 160 Å². The van der Waals surface area contributed by atoms with Crippen LogP contribution in [0.3, 0.4) is 0 Å². The summed E-state index contributed by atoms with van der Waals surface area (Å²) < 4.78 is 40.2. The van der Waals surface area contributed by atoms with Crippen molar-refractivity contribution in [1.29, 1.82) is 5.26 Å². The molecular weight excluding hydrogens is 377 g/mol. The molecule has 1 aliphatic heterocycles. The molecule has 0 aliphatic carbocycles. The molecule has 142 valence electrons. The van der Waals surface area contributed by atoms with Gasteiger partial charge in [0.15, 0.2) is 0 Å². The van der Waals surface area contributed by atoms with Gasteiger partial charge < -0.3 is 10.0 Å². The molecule has 1 saturated heterocycles. The molecular formula is C20H18ClF3N2O. The van der Waals surface area contributed by atoms with Gasteiger partial charge in [-0.25, -0.2) is 0 Å². The Hall–Kier alpha value is -2.23. The number of nitriles is 1. The summed E-state index contributed by atoms with van der Waals surface area (Å²) in [5, 5.41) is 20.0. The summed E-state index contributed by atoms with van der Waals surface area (Å²) in [7, 11) is 0. The third-order valence-corrected chi connectivity index (χ3v) is 5.22. The van der Waals surface area contributed by atoms with Crippen LogP contribution < -0.4 is 4.90 Å². The van der Waals surface area contributed by atoms with Gasteiger partial charge in [0, 0.05) is 23.8 Å². The van der Waals surface area contributed by atoms with Gasteiger partial charge in [-0.2, -0.15) is 18.4 Å². The minimum Gasteiger partial charge on any atom is -0.388 e. The van der Waals surface area contributed by atoms with Crippen molar-refractivity contribution in [2.75, 3.05) is 18.0 Å². The van der Waals surface area contributed by atoms with Gasteiger partial charge in [0.25, 0.3) is 0 Å². The number of hydrogen-bond donors (Lipinski definition) is 1. The van der Waals surface area contributed by atoms with Crippen molar-refractivity contribution >= 4 is 17.3 Å². The number of halogens is 4. The van der Waals surface area contributed by atoms with E-state index in [1.54, 1.807) is 35.2 Å². The van der Waals surface area contributed by atoms with Crippen molar-refractivity contribution < 1.29 is 18.3 Å². The number of piperidine rings is 1. The van der Waals surface area contributed by atoms with E-state index in [0.717, 1.165) is 11.6 Å². The Morgan fingerprint density at radius 1 is 1.11 bits per heavy atom. The van der Waals surface area contributed by atoms with Crippen molar-refractivity contribution in [2.45, 2.75) is 25.1 Å². The van der Waals surface area contributed by atoms with Crippen LogP contribution in [-0.4, -0.2) is 18.2 Å². The number of nitrogens with zero attached hydrogens (tertiary/aromatic N) is 2. The topological polar surface area (TPSA) is 47.3 Å². The van der Waals surface area contributed by atoms with Crippen LogP contribution in [0.2, 0.25) is 5.02 Å². The van der Waals surface area contributed by atoms with E-state index in [0.29, 0.717) is 31.0 Å². The standard InChI is InChI=1S/C20H18ClF3N2O/c21-16-4-2-14(3-5-16)19(27)15-7-9-26(10-8-15)18-6-1-13(12-25)11-17(18)20(22,23)24/h1-6,11,15,19,27H,7-10H2/t19-/m1/s1. The highest BCUT2D eigenvalue weighted by Gasteiger charge is 2.36. The van der Waals surface area contributed by atoms with Crippen LogP contribution in [0.15, 0.2) is 42.5 Å². The fourth-order valence-electron chi connectivity index (χ4n) is 3.50. The summed E-state index contributed by atoms with van der Waals surface area (Å²) in [5.74, 6) is -0.0323. The third kappa shape index (κ3) is 4.37. The second-order valence-electron chi connectivity index (χ2n) is 6.66. The molecule has 0 bridgehead atoms. The highest BCUT2D eigenvalue weighted by molar-refractivity contribution is 6.30. The largest absolute Gasteiger partial charge is 0.418 e. The molecule has 0 saturated carbocycles. The molecule has 3 rings (SSSR count). The average molecular weight is 395 g/mol. The van der Waals surface area contributed by atoms with Crippen LogP contribution in [0.5, 0.6) is 0 Å². The van der Waals surface area contributed by atoms with Crippen molar-refractivity contribution in [3.05, 3.63) is 64.2 Å². The lowest BCUT2D eigenvalue weighted by Crippen LogP contribution is -2.36. The number of aliphatic hydroxyl groups is 1. The summed E-state index contributed by atoms with van der Waals surface area (Å²) in [6.07, 6.45) is -4.06. The fourth-order valence-corrected chi connectivity index (χ4v) is 3.62. The van der Waals surface area contributed by atoms with E-state index in [2.05, 4.69) is 0 Å². The summed E-state index contributed by atoms with van der Waals surface area (Å²) in [4.78, 5) is 1.68. The Morgan fingerprint density at radius 3 is 2.30 bits per heavy atom. The van der Waals surface area contributed by atoms with E-state index in [1.807, 2.05) is 0 Å². The maximum atomic E-state index is 13.4. The Kier molecular flexibility index (Phi) is 5.64. The smallest absolute Gasteiger partial charge is 0.388 e. The first-order valence-corrected chi connectivity index (χ1v) is 8.97. The SMILES string of the molecule is N#Cc1ccc(N2CCC([C@H](O)c3ccc(Cl)cc3)CC2)c(C(F)(F)F)c1. The highest BCUT2D eigenvalue weighted by Crippen LogP contribution is 2.39. The lowest BCUT2D eigenvalue weighted by molar-refractivity contribution is -0.137. The molecule has 1 heterocycles. The second-order valence-corrected chi connectivity index (χ2v) is 7.10. The zero-order chi connectivity index (χ0) is 19.6. The predicted octanol–water partition coefficient (Wildman–Crippen LogP) is 5.18. The zero-order valence-electron chi connectivity index (χ0n) is 14.4. The van der Waals surface area contributed by atoms with Gasteiger partial charge in [-0.15, -0.1) is 0 Å². The Morgan fingerprint density at radius 2 is 1.74 bits per heavy atom. The van der Waals surface area contributed by atoms with Gasteiger partial charge in [-0.05, 0) is 54.7 Å². The first kappa shape index (κ1) is 19.5. The van der Waals surface area contributed by atoms with Crippen LogP contribution in [0.25, 0.3) is 0 Å². The molecule has 1 fully saturated rings. The molecule has 3 nitrogen and oxygen atoms in total. The van der Waals surface area contributed by atoms with Crippen molar-refractivity contribution in [1.82, 2.24) is 0 Å². The van der Waals surface area contributed by atoms with Crippen molar-refractivity contribution in [3.63, 3.8) is 0 Å². The molecule has 1 N–H and O–H groups in total. The molecule has 2 aromatic carbocycles. The molecule has 27 heavy (non-hydrogen) atoms. The summed E-state index contributed by atoms with van der Waals surface area (Å²) in [6.45, 7) is 0.814. The maximum Gasteiger partial charge on any atom is 0.418 e. The van der Waals surface area contributed by atoms with Gasteiger partial charge in [-0.1, -0.05) is 23.7 Å². The number of aliphatic hydroxyl groups excluding tert-OH is 1. The molecule has 0 unspecified atom stereocenters. The average Bonchev–Trinajstić information content (AvgIpc) is 2.67. The van der Waals surface area contributed by atoms with Crippen molar-refractivity contribution in [3.8, 4) is 6.07 Å². The zero-order valence-corrected chi connectivity index (χ0v) is 15.1. The first-order chi connectivity index (χ1) is 12.8. The van der Waals surface area contributed by atoms with Crippen LogP contribution in [0.4, 0.5) is 18.9 Å². The molecule has 7 heteroatoms. The fraction of sp³-hybridized carbons (Fsp3) is 0.350.